The monoisotopic (exact) mass is 370 g/mol. The normalized spacial score (nSPS) is 14.9. The predicted molar refractivity (Wildman–Crippen MR) is 93.5 cm³/mol. The van der Waals surface area contributed by atoms with Crippen molar-refractivity contribution in [1.82, 2.24) is 10.4 Å². The minimum Gasteiger partial charge on any atom is -0.366 e. The highest BCUT2D eigenvalue weighted by atomic mass is 16.7. The van der Waals surface area contributed by atoms with Crippen LogP contribution in [0.3, 0.4) is 0 Å². The summed E-state index contributed by atoms with van der Waals surface area (Å²) in [7, 11) is 0. The third-order valence-electron chi connectivity index (χ3n) is 4.00. The molecule has 0 aromatic heterocycles. The molecule has 8 nitrogen and oxygen atoms in total. The first-order valence-corrected chi connectivity index (χ1v) is 9.12. The molecular weight excluding hydrogens is 340 g/mol. The fraction of sp³-hybridized carbons (Fsp3) is 0.778. The van der Waals surface area contributed by atoms with E-state index in [0.717, 1.165) is 6.42 Å². The van der Waals surface area contributed by atoms with Crippen molar-refractivity contribution < 1.29 is 28.8 Å². The second-order valence-electron chi connectivity index (χ2n) is 7.30. The van der Waals surface area contributed by atoms with Gasteiger partial charge in [0.05, 0.1) is 0 Å². The average Bonchev–Trinajstić information content (AvgIpc) is 2.85. The highest BCUT2D eigenvalue weighted by Crippen LogP contribution is 2.14. The molecule has 0 radical (unpaired) electrons. The van der Waals surface area contributed by atoms with Crippen molar-refractivity contribution in [2.45, 2.75) is 71.8 Å². The zero-order chi connectivity index (χ0) is 19.7. The van der Waals surface area contributed by atoms with Crippen LogP contribution in [0, 0.1) is 5.92 Å². The molecule has 3 amide bonds. The number of unbranched alkanes of at least 4 members (excludes halogenated alkanes) is 1. The van der Waals surface area contributed by atoms with Gasteiger partial charge in [0.2, 0.25) is 0 Å². The van der Waals surface area contributed by atoms with E-state index < -0.39 is 23.4 Å². The van der Waals surface area contributed by atoms with Crippen molar-refractivity contribution >= 4 is 23.7 Å². The van der Waals surface area contributed by atoms with E-state index in [2.05, 4.69) is 19.2 Å². The van der Waals surface area contributed by atoms with Crippen LogP contribution in [0.2, 0.25) is 0 Å². The third kappa shape index (κ3) is 7.51. The Balaban J connectivity index is 2.17. The number of hydrogen-bond acceptors (Lipinski definition) is 6. The van der Waals surface area contributed by atoms with Gasteiger partial charge in [-0.3, -0.25) is 14.4 Å². The van der Waals surface area contributed by atoms with E-state index >= 15 is 0 Å². The van der Waals surface area contributed by atoms with Crippen LogP contribution in [0.1, 0.15) is 66.2 Å². The van der Waals surface area contributed by atoms with Gasteiger partial charge in [-0.15, -0.1) is 5.06 Å². The molecule has 0 atom stereocenters. The Morgan fingerprint density at radius 2 is 1.77 bits per heavy atom. The summed E-state index contributed by atoms with van der Waals surface area (Å²) in [4.78, 5) is 51.2. The number of nitrogens with zero attached hydrogens (tertiary/aromatic N) is 1. The number of ether oxygens (including phenoxy) is 1. The van der Waals surface area contributed by atoms with Crippen molar-refractivity contribution in [2.24, 2.45) is 5.92 Å². The second kappa shape index (κ2) is 10.3. The number of nitrogens with one attached hydrogen (secondary N) is 1. The van der Waals surface area contributed by atoms with E-state index in [0.29, 0.717) is 37.0 Å². The van der Waals surface area contributed by atoms with Crippen LogP contribution in [-0.2, 0) is 28.8 Å². The fourth-order valence-corrected chi connectivity index (χ4v) is 2.23. The maximum atomic E-state index is 12.1. The molecule has 0 saturated carbocycles. The summed E-state index contributed by atoms with van der Waals surface area (Å²) < 4.78 is 5.64. The van der Waals surface area contributed by atoms with E-state index in [1.807, 2.05) is 0 Å². The van der Waals surface area contributed by atoms with Crippen molar-refractivity contribution in [1.29, 1.82) is 0 Å². The number of amides is 3. The fourth-order valence-electron chi connectivity index (χ4n) is 2.23. The first-order chi connectivity index (χ1) is 12.1. The van der Waals surface area contributed by atoms with Gasteiger partial charge in [0.25, 0.3) is 17.7 Å². The summed E-state index contributed by atoms with van der Waals surface area (Å²) in [5, 5.41) is 3.33. The van der Waals surface area contributed by atoms with E-state index in [4.69, 9.17) is 9.57 Å². The van der Waals surface area contributed by atoms with Gasteiger partial charge in [-0.2, -0.15) is 0 Å². The molecule has 1 fully saturated rings. The quantitative estimate of drug-likeness (QED) is 0.439. The Kier molecular flexibility index (Phi) is 8.71. The Bertz CT molecular complexity index is 514. The smallest absolute Gasteiger partial charge is 0.333 e. The molecule has 1 heterocycles. The molecular formula is C18H30N2O6. The van der Waals surface area contributed by atoms with Crippen molar-refractivity contribution in [2.75, 3.05) is 13.2 Å². The summed E-state index contributed by atoms with van der Waals surface area (Å²) in [6.07, 6.45) is 2.16. The molecule has 1 rings (SSSR count). The van der Waals surface area contributed by atoms with Crippen molar-refractivity contribution in [3.05, 3.63) is 0 Å². The zero-order valence-corrected chi connectivity index (χ0v) is 16.1. The van der Waals surface area contributed by atoms with Crippen LogP contribution in [-0.4, -0.2) is 47.5 Å². The lowest BCUT2D eigenvalue weighted by atomic mass is 10.1. The molecule has 148 valence electrons. The van der Waals surface area contributed by atoms with Crippen molar-refractivity contribution in [3.63, 3.8) is 0 Å². The first kappa shape index (κ1) is 22.1. The van der Waals surface area contributed by atoms with Gasteiger partial charge in [0.15, 0.2) is 0 Å². The molecule has 8 heteroatoms. The predicted octanol–water partition coefficient (Wildman–Crippen LogP) is 1.72. The van der Waals surface area contributed by atoms with E-state index in [9.17, 15) is 19.2 Å². The SMILES string of the molecule is CC(C)CCOC(C)(C)C(=O)NCCCCC(=O)ON1C(=O)CCC1=O. The summed E-state index contributed by atoms with van der Waals surface area (Å²) >= 11 is 0. The molecule has 0 aromatic carbocycles. The number of imide groups is 1. The van der Waals surface area contributed by atoms with E-state index in [1.54, 1.807) is 13.8 Å². The summed E-state index contributed by atoms with van der Waals surface area (Å²) in [5.74, 6) is -1.29. The topological polar surface area (TPSA) is 102 Å². The molecule has 0 spiro atoms. The minimum absolute atomic E-state index is 0.0706. The number of carbonyl (C=O) groups is 4. The minimum atomic E-state index is -0.899. The maximum Gasteiger partial charge on any atom is 0.333 e. The van der Waals surface area contributed by atoms with Crippen LogP contribution >= 0.6 is 0 Å². The summed E-state index contributed by atoms with van der Waals surface area (Å²) in [5.41, 5.74) is -0.899. The lowest BCUT2D eigenvalue weighted by Crippen LogP contribution is -2.44. The molecule has 0 bridgehead atoms. The summed E-state index contributed by atoms with van der Waals surface area (Å²) in [6, 6.07) is 0. The Morgan fingerprint density at radius 1 is 1.15 bits per heavy atom. The Hall–Kier alpha value is -1.96. The van der Waals surface area contributed by atoms with Gasteiger partial charge in [-0.05, 0) is 39.0 Å². The second-order valence-corrected chi connectivity index (χ2v) is 7.30. The van der Waals surface area contributed by atoms with Crippen LogP contribution in [0.25, 0.3) is 0 Å². The highest BCUT2D eigenvalue weighted by molar-refractivity contribution is 6.01. The lowest BCUT2D eigenvalue weighted by Gasteiger charge is -2.24. The standard InChI is InChI=1S/C18H30N2O6/c1-13(2)10-12-25-18(3,4)17(24)19-11-6-5-7-16(23)26-20-14(21)8-9-15(20)22/h13H,5-12H2,1-4H3,(H,19,24). The third-order valence-corrected chi connectivity index (χ3v) is 4.00. The van der Waals surface area contributed by atoms with Crippen LogP contribution in [0.4, 0.5) is 0 Å². The van der Waals surface area contributed by atoms with Gasteiger partial charge in [0.1, 0.15) is 5.60 Å². The van der Waals surface area contributed by atoms with Gasteiger partial charge in [-0.25, -0.2) is 4.79 Å². The molecule has 1 saturated heterocycles. The maximum absolute atomic E-state index is 12.1. The van der Waals surface area contributed by atoms with Gasteiger partial charge < -0.3 is 14.9 Å². The average molecular weight is 370 g/mol. The molecule has 1 aliphatic heterocycles. The number of carbonyl (C=O) groups excluding carboxylic acids is 4. The summed E-state index contributed by atoms with van der Waals surface area (Å²) in [6.45, 7) is 8.57. The van der Waals surface area contributed by atoms with Crippen LogP contribution < -0.4 is 5.32 Å². The number of rotatable bonds is 11. The van der Waals surface area contributed by atoms with Crippen LogP contribution in [0.5, 0.6) is 0 Å². The molecule has 1 aliphatic rings. The van der Waals surface area contributed by atoms with Gasteiger partial charge in [-0.1, -0.05) is 13.8 Å². The van der Waals surface area contributed by atoms with Crippen LogP contribution in [0.15, 0.2) is 0 Å². The highest BCUT2D eigenvalue weighted by Gasteiger charge is 2.32. The van der Waals surface area contributed by atoms with Gasteiger partial charge >= 0.3 is 5.97 Å². The molecule has 1 N–H and O–H groups in total. The number of hydrogen-bond donors (Lipinski definition) is 1. The van der Waals surface area contributed by atoms with Crippen molar-refractivity contribution in [3.8, 4) is 0 Å². The lowest BCUT2D eigenvalue weighted by molar-refractivity contribution is -0.197. The van der Waals surface area contributed by atoms with Gasteiger partial charge in [0, 0.05) is 32.4 Å². The molecule has 0 aromatic rings. The molecule has 26 heavy (non-hydrogen) atoms. The Morgan fingerprint density at radius 3 is 2.35 bits per heavy atom. The van der Waals surface area contributed by atoms with E-state index in [-0.39, 0.29) is 25.2 Å². The zero-order valence-electron chi connectivity index (χ0n) is 16.1. The largest absolute Gasteiger partial charge is 0.366 e. The molecule has 0 unspecified atom stereocenters. The number of hydroxylamine groups is 2. The Labute approximate surface area is 154 Å². The molecule has 0 aliphatic carbocycles. The first-order valence-electron chi connectivity index (χ1n) is 9.12. The van der Waals surface area contributed by atoms with E-state index in [1.165, 1.54) is 0 Å².